The maximum atomic E-state index is 11.0. The van der Waals surface area contributed by atoms with Crippen molar-refractivity contribution in [3.05, 3.63) is 22.6 Å². The molecule has 1 aromatic heterocycles. The van der Waals surface area contributed by atoms with E-state index in [0.29, 0.717) is 11.2 Å². The lowest BCUT2D eigenvalue weighted by atomic mass is 9.99. The highest BCUT2D eigenvalue weighted by molar-refractivity contribution is 9.10. The van der Waals surface area contributed by atoms with Gasteiger partial charge in [0, 0.05) is 0 Å². The Kier molecular flexibility index (Phi) is 5.02. The molecule has 5 heteroatoms. The maximum absolute atomic E-state index is 11.0. The first-order chi connectivity index (χ1) is 7.54. The van der Waals surface area contributed by atoms with Crippen molar-refractivity contribution in [2.45, 2.75) is 32.9 Å². The number of nitrogens with one attached hydrogen (secondary N) is 1. The van der Waals surface area contributed by atoms with Crippen molar-refractivity contribution < 1.29 is 14.3 Å². The van der Waals surface area contributed by atoms with Gasteiger partial charge in [0.15, 0.2) is 4.67 Å². The van der Waals surface area contributed by atoms with Crippen LogP contribution in [0.4, 0.5) is 0 Å². The average molecular weight is 290 g/mol. The van der Waals surface area contributed by atoms with Crippen molar-refractivity contribution in [3.63, 3.8) is 0 Å². The molecule has 0 saturated heterocycles. The van der Waals surface area contributed by atoms with Gasteiger partial charge in [-0.15, -0.1) is 0 Å². The summed E-state index contributed by atoms with van der Waals surface area (Å²) in [7, 11) is 0. The van der Waals surface area contributed by atoms with E-state index >= 15 is 0 Å². The lowest BCUT2D eigenvalue weighted by molar-refractivity contribution is -0.140. The van der Waals surface area contributed by atoms with Crippen LogP contribution in [0.1, 0.15) is 26.0 Å². The van der Waals surface area contributed by atoms with Gasteiger partial charge in [-0.1, -0.05) is 20.3 Å². The van der Waals surface area contributed by atoms with E-state index in [9.17, 15) is 4.79 Å². The molecule has 0 spiro atoms. The molecule has 16 heavy (non-hydrogen) atoms. The van der Waals surface area contributed by atoms with Crippen LogP contribution in [-0.4, -0.2) is 17.1 Å². The first-order valence-corrected chi connectivity index (χ1v) is 6.04. The summed E-state index contributed by atoms with van der Waals surface area (Å²) in [5.41, 5.74) is 0. The fourth-order valence-electron chi connectivity index (χ4n) is 1.42. The first-order valence-electron chi connectivity index (χ1n) is 5.25. The zero-order chi connectivity index (χ0) is 12.1. The molecule has 2 N–H and O–H groups in total. The van der Waals surface area contributed by atoms with Crippen LogP contribution in [0, 0.1) is 5.92 Å². The number of hydrogen-bond acceptors (Lipinski definition) is 3. The molecule has 0 aliphatic heterocycles. The predicted octanol–water partition coefficient (Wildman–Crippen LogP) is 2.63. The number of furan rings is 1. The van der Waals surface area contributed by atoms with E-state index in [2.05, 4.69) is 21.2 Å². The highest BCUT2D eigenvalue weighted by atomic mass is 79.9. The molecule has 4 nitrogen and oxygen atoms in total. The van der Waals surface area contributed by atoms with E-state index in [0.717, 1.165) is 12.2 Å². The molecule has 90 valence electrons. The molecular formula is C11H16BrNO3. The molecule has 0 bridgehead atoms. The third-order valence-electron chi connectivity index (χ3n) is 2.60. The van der Waals surface area contributed by atoms with Crippen LogP contribution in [0.15, 0.2) is 21.2 Å². The Balaban J connectivity index is 2.53. The van der Waals surface area contributed by atoms with Crippen LogP contribution < -0.4 is 5.32 Å². The van der Waals surface area contributed by atoms with Crippen LogP contribution in [0.25, 0.3) is 0 Å². The molecule has 0 amide bonds. The third kappa shape index (κ3) is 3.64. The molecule has 0 saturated carbocycles. The molecule has 1 aromatic rings. The van der Waals surface area contributed by atoms with Gasteiger partial charge in [0.25, 0.3) is 0 Å². The predicted molar refractivity (Wildman–Crippen MR) is 64.1 cm³/mol. The number of halogens is 1. The van der Waals surface area contributed by atoms with Gasteiger partial charge in [-0.05, 0) is 34.0 Å². The van der Waals surface area contributed by atoms with E-state index < -0.39 is 12.0 Å². The summed E-state index contributed by atoms with van der Waals surface area (Å²) in [4.78, 5) is 11.0. The number of hydrogen-bond donors (Lipinski definition) is 2. The molecule has 0 radical (unpaired) electrons. The minimum atomic E-state index is -0.819. The minimum Gasteiger partial charge on any atom is -0.480 e. The van der Waals surface area contributed by atoms with Crippen molar-refractivity contribution in [1.82, 2.24) is 5.32 Å². The highest BCUT2D eigenvalue weighted by Crippen LogP contribution is 2.15. The molecule has 0 aromatic carbocycles. The monoisotopic (exact) mass is 289 g/mol. The van der Waals surface area contributed by atoms with E-state index in [4.69, 9.17) is 9.52 Å². The molecular weight excluding hydrogens is 274 g/mol. The molecule has 1 heterocycles. The normalized spacial score (nSPS) is 14.7. The minimum absolute atomic E-state index is 0.0934. The van der Waals surface area contributed by atoms with Gasteiger partial charge in [-0.3, -0.25) is 10.1 Å². The summed E-state index contributed by atoms with van der Waals surface area (Å²) in [6.07, 6.45) is 0.825. The smallest absolute Gasteiger partial charge is 0.320 e. The van der Waals surface area contributed by atoms with Crippen molar-refractivity contribution in [1.29, 1.82) is 0 Å². The van der Waals surface area contributed by atoms with Gasteiger partial charge >= 0.3 is 5.97 Å². The summed E-state index contributed by atoms with van der Waals surface area (Å²) in [6, 6.07) is 3.07. The Hall–Kier alpha value is -0.810. The van der Waals surface area contributed by atoms with E-state index in [1.807, 2.05) is 19.9 Å². The molecule has 2 atom stereocenters. The van der Waals surface area contributed by atoms with Gasteiger partial charge in [0.1, 0.15) is 11.8 Å². The van der Waals surface area contributed by atoms with Gasteiger partial charge in [-0.2, -0.15) is 0 Å². The number of carboxylic acids is 1. The second-order valence-electron chi connectivity index (χ2n) is 3.79. The lowest BCUT2D eigenvalue weighted by Gasteiger charge is -2.19. The fraction of sp³-hybridized carbons (Fsp3) is 0.545. The third-order valence-corrected chi connectivity index (χ3v) is 3.03. The van der Waals surface area contributed by atoms with Crippen LogP contribution in [-0.2, 0) is 11.3 Å². The second kappa shape index (κ2) is 6.06. The number of rotatable bonds is 6. The Morgan fingerprint density at radius 2 is 2.31 bits per heavy atom. The molecule has 0 aliphatic carbocycles. The Labute approximate surface area is 103 Å². The standard InChI is InChI=1S/C11H16BrNO3/c1-3-7(2)10(11(14)15)13-6-8-4-5-9(12)16-8/h4-5,7,10,13H,3,6H2,1-2H3,(H,14,15). The van der Waals surface area contributed by atoms with Crippen LogP contribution >= 0.6 is 15.9 Å². The van der Waals surface area contributed by atoms with Crippen molar-refractivity contribution in [2.24, 2.45) is 5.92 Å². The van der Waals surface area contributed by atoms with Crippen LogP contribution in [0.5, 0.6) is 0 Å². The Morgan fingerprint density at radius 3 is 2.75 bits per heavy atom. The maximum Gasteiger partial charge on any atom is 0.320 e. The van der Waals surface area contributed by atoms with Crippen molar-refractivity contribution >= 4 is 21.9 Å². The summed E-state index contributed by atoms with van der Waals surface area (Å²) >= 11 is 3.20. The zero-order valence-corrected chi connectivity index (χ0v) is 11.0. The van der Waals surface area contributed by atoms with Gasteiger partial charge in [-0.25, -0.2) is 0 Å². The number of carbonyl (C=O) groups is 1. The number of carboxylic acid groups (broad SMARTS) is 1. The molecule has 0 fully saturated rings. The molecule has 1 rings (SSSR count). The summed E-state index contributed by atoms with van der Waals surface area (Å²) < 4.78 is 5.94. The average Bonchev–Trinajstić information content (AvgIpc) is 2.63. The summed E-state index contributed by atoms with van der Waals surface area (Å²) in [5.74, 6) is -0.00250. The molecule has 0 aliphatic rings. The Morgan fingerprint density at radius 1 is 1.62 bits per heavy atom. The van der Waals surface area contributed by atoms with Crippen molar-refractivity contribution in [2.75, 3.05) is 0 Å². The highest BCUT2D eigenvalue weighted by Gasteiger charge is 2.22. The van der Waals surface area contributed by atoms with E-state index in [-0.39, 0.29) is 5.92 Å². The largest absolute Gasteiger partial charge is 0.480 e. The summed E-state index contributed by atoms with van der Waals surface area (Å²) in [5, 5.41) is 12.0. The van der Waals surface area contributed by atoms with Crippen LogP contribution in [0.3, 0.4) is 0 Å². The van der Waals surface area contributed by atoms with E-state index in [1.165, 1.54) is 0 Å². The van der Waals surface area contributed by atoms with Gasteiger partial charge in [0.05, 0.1) is 6.54 Å². The number of aliphatic carboxylic acids is 1. The van der Waals surface area contributed by atoms with E-state index in [1.54, 1.807) is 6.07 Å². The summed E-state index contributed by atoms with van der Waals surface area (Å²) in [6.45, 7) is 4.32. The fourth-order valence-corrected chi connectivity index (χ4v) is 1.76. The van der Waals surface area contributed by atoms with Gasteiger partial charge in [0.2, 0.25) is 0 Å². The first kappa shape index (κ1) is 13.3. The quantitative estimate of drug-likeness (QED) is 0.845. The molecule has 2 unspecified atom stereocenters. The topological polar surface area (TPSA) is 62.5 Å². The van der Waals surface area contributed by atoms with Crippen molar-refractivity contribution in [3.8, 4) is 0 Å². The van der Waals surface area contributed by atoms with Crippen LogP contribution in [0.2, 0.25) is 0 Å². The lowest BCUT2D eigenvalue weighted by Crippen LogP contribution is -2.41. The zero-order valence-electron chi connectivity index (χ0n) is 9.37. The van der Waals surface area contributed by atoms with Gasteiger partial charge < -0.3 is 9.52 Å². The SMILES string of the molecule is CCC(C)C(NCc1ccc(Br)o1)C(=O)O. The second-order valence-corrected chi connectivity index (χ2v) is 4.57. The Bertz CT molecular complexity index is 351.